The van der Waals surface area contributed by atoms with E-state index >= 15 is 0 Å². The molecule has 0 aliphatic carbocycles. The van der Waals surface area contributed by atoms with Gasteiger partial charge in [-0.1, -0.05) is 12.1 Å². The van der Waals surface area contributed by atoms with E-state index in [0.717, 1.165) is 11.3 Å². The molecule has 0 radical (unpaired) electrons. The number of rotatable bonds is 7. The number of methoxy groups -OCH3 is 1. The maximum Gasteiger partial charge on any atom is 0.119 e. The molecule has 1 N–H and O–H groups in total. The number of hydrogen-bond donors (Lipinski definition) is 1. The lowest BCUT2D eigenvalue weighted by atomic mass is 10.1. The van der Waals surface area contributed by atoms with Crippen molar-refractivity contribution in [1.29, 1.82) is 0 Å². The van der Waals surface area contributed by atoms with Crippen LogP contribution in [0.5, 0.6) is 5.75 Å². The lowest BCUT2D eigenvalue weighted by molar-refractivity contribution is 0.0470. The molecule has 0 fully saturated rings. The van der Waals surface area contributed by atoms with Crippen molar-refractivity contribution < 1.29 is 14.6 Å². The molecule has 1 rings (SSSR count). The SMILES string of the molecule is COc1cccc(CC(O)CCOC(C)C)c1. The summed E-state index contributed by atoms with van der Waals surface area (Å²) in [5.41, 5.74) is 1.08. The van der Waals surface area contributed by atoms with E-state index in [-0.39, 0.29) is 12.2 Å². The topological polar surface area (TPSA) is 38.7 Å². The Balaban J connectivity index is 2.36. The first-order valence-corrected chi connectivity index (χ1v) is 6.04. The zero-order valence-electron chi connectivity index (χ0n) is 10.8. The molecule has 1 unspecified atom stereocenters. The first-order chi connectivity index (χ1) is 8.11. The van der Waals surface area contributed by atoms with Crippen molar-refractivity contribution in [3.63, 3.8) is 0 Å². The standard InChI is InChI=1S/C14H22O3/c1-11(2)17-8-7-13(15)9-12-5-4-6-14(10-12)16-3/h4-6,10-11,13,15H,7-9H2,1-3H3. The highest BCUT2D eigenvalue weighted by Gasteiger charge is 2.07. The van der Waals surface area contributed by atoms with Gasteiger partial charge in [0.05, 0.1) is 19.3 Å². The third-order valence-corrected chi connectivity index (χ3v) is 2.51. The number of ether oxygens (including phenoxy) is 2. The minimum atomic E-state index is -0.360. The van der Waals surface area contributed by atoms with Crippen LogP contribution in [-0.2, 0) is 11.2 Å². The Morgan fingerprint density at radius 1 is 1.29 bits per heavy atom. The molecular weight excluding hydrogens is 216 g/mol. The van der Waals surface area contributed by atoms with Crippen LogP contribution in [0.25, 0.3) is 0 Å². The first-order valence-electron chi connectivity index (χ1n) is 6.04. The molecule has 1 atom stereocenters. The molecule has 0 saturated carbocycles. The Kier molecular flexibility index (Phi) is 6.01. The quantitative estimate of drug-likeness (QED) is 0.793. The third-order valence-electron chi connectivity index (χ3n) is 2.51. The van der Waals surface area contributed by atoms with Crippen molar-refractivity contribution in [3.8, 4) is 5.75 Å². The van der Waals surface area contributed by atoms with Gasteiger partial charge in [-0.2, -0.15) is 0 Å². The van der Waals surface area contributed by atoms with Gasteiger partial charge in [-0.15, -0.1) is 0 Å². The minimum Gasteiger partial charge on any atom is -0.497 e. The van der Waals surface area contributed by atoms with Crippen molar-refractivity contribution in [2.24, 2.45) is 0 Å². The Labute approximate surface area is 103 Å². The summed E-state index contributed by atoms with van der Waals surface area (Å²) in [6.45, 7) is 4.59. The summed E-state index contributed by atoms with van der Waals surface area (Å²) in [6, 6.07) is 7.78. The van der Waals surface area contributed by atoms with E-state index in [1.165, 1.54) is 0 Å². The number of aliphatic hydroxyl groups excluding tert-OH is 1. The van der Waals surface area contributed by atoms with Crippen LogP contribution in [-0.4, -0.2) is 31.0 Å². The van der Waals surface area contributed by atoms with Crippen molar-refractivity contribution in [2.75, 3.05) is 13.7 Å². The lowest BCUT2D eigenvalue weighted by Gasteiger charge is -2.13. The molecule has 0 heterocycles. The second-order valence-electron chi connectivity index (χ2n) is 4.42. The van der Waals surface area contributed by atoms with Crippen LogP contribution in [0.3, 0.4) is 0 Å². The fraction of sp³-hybridized carbons (Fsp3) is 0.571. The molecule has 1 aromatic carbocycles. The summed E-state index contributed by atoms with van der Waals surface area (Å²) in [4.78, 5) is 0. The Morgan fingerprint density at radius 2 is 2.06 bits per heavy atom. The molecule has 3 nitrogen and oxygen atoms in total. The Hall–Kier alpha value is -1.06. The molecule has 3 heteroatoms. The molecule has 17 heavy (non-hydrogen) atoms. The van der Waals surface area contributed by atoms with Crippen molar-refractivity contribution in [3.05, 3.63) is 29.8 Å². The van der Waals surface area contributed by atoms with Crippen LogP contribution in [0.2, 0.25) is 0 Å². The fourth-order valence-electron chi connectivity index (χ4n) is 1.61. The molecule has 0 bridgehead atoms. The number of aliphatic hydroxyl groups is 1. The summed E-state index contributed by atoms with van der Waals surface area (Å²) < 4.78 is 10.6. The van der Waals surface area contributed by atoms with Crippen LogP contribution < -0.4 is 4.74 Å². The van der Waals surface area contributed by atoms with Crippen LogP contribution >= 0.6 is 0 Å². The van der Waals surface area contributed by atoms with Gasteiger partial charge in [-0.05, 0) is 44.4 Å². The molecule has 0 amide bonds. The van der Waals surface area contributed by atoms with Crippen molar-refractivity contribution >= 4 is 0 Å². The minimum absolute atomic E-state index is 0.221. The van der Waals surface area contributed by atoms with Crippen molar-refractivity contribution in [2.45, 2.75) is 38.9 Å². The van der Waals surface area contributed by atoms with Gasteiger partial charge < -0.3 is 14.6 Å². The van der Waals surface area contributed by atoms with Gasteiger partial charge in [0.1, 0.15) is 5.75 Å². The molecule has 0 aliphatic rings. The maximum atomic E-state index is 9.86. The van der Waals surface area contributed by atoms with E-state index in [0.29, 0.717) is 19.4 Å². The Bertz CT molecular complexity index is 323. The second kappa shape index (κ2) is 7.30. The maximum absolute atomic E-state index is 9.86. The van der Waals surface area contributed by atoms with Gasteiger partial charge in [0.15, 0.2) is 0 Å². The van der Waals surface area contributed by atoms with E-state index in [1.807, 2.05) is 38.1 Å². The smallest absolute Gasteiger partial charge is 0.119 e. The average molecular weight is 238 g/mol. The van der Waals surface area contributed by atoms with Crippen LogP contribution in [0.4, 0.5) is 0 Å². The monoisotopic (exact) mass is 238 g/mol. The van der Waals surface area contributed by atoms with Crippen LogP contribution in [0.1, 0.15) is 25.8 Å². The summed E-state index contributed by atoms with van der Waals surface area (Å²) in [6.07, 6.45) is 1.16. The molecule has 0 saturated heterocycles. The van der Waals surface area contributed by atoms with E-state index < -0.39 is 0 Å². The molecule has 1 aromatic rings. The summed E-state index contributed by atoms with van der Waals surface area (Å²) in [7, 11) is 1.64. The van der Waals surface area contributed by atoms with E-state index in [1.54, 1.807) is 7.11 Å². The zero-order chi connectivity index (χ0) is 12.7. The van der Waals surface area contributed by atoms with E-state index in [9.17, 15) is 5.11 Å². The van der Waals surface area contributed by atoms with Gasteiger partial charge in [0.2, 0.25) is 0 Å². The van der Waals surface area contributed by atoms with Gasteiger partial charge in [0, 0.05) is 6.61 Å². The third kappa shape index (κ3) is 5.71. The molecule has 0 aliphatic heterocycles. The summed E-state index contributed by atoms with van der Waals surface area (Å²) >= 11 is 0. The zero-order valence-corrected chi connectivity index (χ0v) is 10.8. The Morgan fingerprint density at radius 3 is 2.71 bits per heavy atom. The largest absolute Gasteiger partial charge is 0.497 e. The first kappa shape index (κ1) is 14.0. The van der Waals surface area contributed by atoms with Gasteiger partial charge in [0.25, 0.3) is 0 Å². The average Bonchev–Trinajstić information content (AvgIpc) is 2.28. The van der Waals surface area contributed by atoms with Crippen LogP contribution in [0.15, 0.2) is 24.3 Å². The molecule has 96 valence electrons. The highest BCUT2D eigenvalue weighted by atomic mass is 16.5. The van der Waals surface area contributed by atoms with E-state index in [2.05, 4.69) is 0 Å². The summed E-state index contributed by atoms with van der Waals surface area (Å²) in [5.74, 6) is 0.827. The highest BCUT2D eigenvalue weighted by molar-refractivity contribution is 5.28. The number of benzene rings is 1. The predicted molar refractivity (Wildman–Crippen MR) is 68.4 cm³/mol. The van der Waals surface area contributed by atoms with Gasteiger partial charge >= 0.3 is 0 Å². The summed E-state index contributed by atoms with van der Waals surface area (Å²) in [5, 5.41) is 9.86. The normalized spacial score (nSPS) is 12.8. The predicted octanol–water partition coefficient (Wildman–Crippen LogP) is 2.41. The molecule has 0 spiro atoms. The number of hydrogen-bond acceptors (Lipinski definition) is 3. The second-order valence-corrected chi connectivity index (χ2v) is 4.42. The van der Waals surface area contributed by atoms with Crippen molar-refractivity contribution in [1.82, 2.24) is 0 Å². The van der Waals surface area contributed by atoms with Crippen LogP contribution in [0, 0.1) is 0 Å². The van der Waals surface area contributed by atoms with Gasteiger partial charge in [-0.3, -0.25) is 0 Å². The fourth-order valence-corrected chi connectivity index (χ4v) is 1.61. The van der Waals surface area contributed by atoms with Gasteiger partial charge in [-0.25, -0.2) is 0 Å². The molecule has 0 aromatic heterocycles. The highest BCUT2D eigenvalue weighted by Crippen LogP contribution is 2.14. The van der Waals surface area contributed by atoms with E-state index in [4.69, 9.17) is 9.47 Å². The lowest BCUT2D eigenvalue weighted by Crippen LogP contribution is -2.15. The molecular formula is C14H22O3.